The zero-order valence-electron chi connectivity index (χ0n) is 12.1. The maximum Gasteiger partial charge on any atom is 0.416 e. The summed E-state index contributed by atoms with van der Waals surface area (Å²) < 4.78 is 52.4. The number of aromatic nitrogens is 3. The number of hydrogen-bond donors (Lipinski definition) is 1. The third-order valence-electron chi connectivity index (χ3n) is 3.45. The van der Waals surface area contributed by atoms with Gasteiger partial charge in [-0.05, 0) is 48.5 Å². The highest BCUT2D eigenvalue weighted by atomic mass is 19.4. The molecule has 1 heterocycles. The summed E-state index contributed by atoms with van der Waals surface area (Å²) in [4.78, 5) is 0. The minimum atomic E-state index is -4.43. The molecule has 3 aromatic rings. The molecule has 0 unspecified atom stereocenters. The Hall–Kier alpha value is -2.74. The number of aliphatic hydroxyl groups is 1. The second-order valence-corrected chi connectivity index (χ2v) is 5.01. The number of nitrogens with zero attached hydrogens (tertiary/aromatic N) is 3. The van der Waals surface area contributed by atoms with Gasteiger partial charge in [0.15, 0.2) is 0 Å². The molecule has 1 N–H and O–H groups in total. The van der Waals surface area contributed by atoms with E-state index < -0.39 is 24.2 Å². The molecule has 3 rings (SSSR count). The molecule has 8 heteroatoms. The first kappa shape index (κ1) is 16.1. The lowest BCUT2D eigenvalue weighted by Gasteiger charge is -2.10. The first-order valence-electron chi connectivity index (χ1n) is 6.89. The molecule has 0 radical (unpaired) electrons. The Morgan fingerprint density at radius 2 is 1.58 bits per heavy atom. The quantitative estimate of drug-likeness (QED) is 0.743. The van der Waals surface area contributed by atoms with E-state index in [9.17, 15) is 22.7 Å². The Labute approximate surface area is 134 Å². The highest BCUT2D eigenvalue weighted by Crippen LogP contribution is 2.31. The average molecular weight is 337 g/mol. The van der Waals surface area contributed by atoms with Crippen LogP contribution in [0, 0.1) is 5.82 Å². The monoisotopic (exact) mass is 337 g/mol. The van der Waals surface area contributed by atoms with Gasteiger partial charge in [-0.25, -0.2) is 9.07 Å². The van der Waals surface area contributed by atoms with Crippen LogP contribution in [-0.4, -0.2) is 20.1 Å². The molecule has 124 valence electrons. The lowest BCUT2D eigenvalue weighted by atomic mass is 10.1. The van der Waals surface area contributed by atoms with E-state index in [1.165, 1.54) is 41.1 Å². The average Bonchev–Trinajstić information content (AvgIpc) is 2.99. The number of benzene rings is 2. The molecule has 0 spiro atoms. The van der Waals surface area contributed by atoms with Crippen LogP contribution in [0.5, 0.6) is 0 Å². The van der Waals surface area contributed by atoms with Crippen molar-refractivity contribution in [3.05, 3.63) is 65.6 Å². The van der Waals surface area contributed by atoms with Gasteiger partial charge in [0.05, 0.1) is 17.9 Å². The first-order valence-corrected chi connectivity index (χ1v) is 6.89. The molecule has 0 aliphatic rings. The molecule has 0 saturated heterocycles. The summed E-state index contributed by atoms with van der Waals surface area (Å²) in [6, 6.07) is 9.81. The van der Waals surface area contributed by atoms with Crippen molar-refractivity contribution in [1.82, 2.24) is 15.0 Å². The Balaban J connectivity index is 2.09. The predicted octanol–water partition coefficient (Wildman–Crippen LogP) is 3.58. The zero-order valence-corrected chi connectivity index (χ0v) is 12.1. The fourth-order valence-electron chi connectivity index (χ4n) is 2.29. The van der Waals surface area contributed by atoms with E-state index in [4.69, 9.17) is 0 Å². The topological polar surface area (TPSA) is 50.9 Å². The highest BCUT2D eigenvalue weighted by Gasteiger charge is 2.30. The van der Waals surface area contributed by atoms with Crippen LogP contribution in [-0.2, 0) is 12.8 Å². The SMILES string of the molecule is OCc1nnn(-c2ccc(C(F)(F)F)cc2)c1-c1ccc(F)cc1. The third kappa shape index (κ3) is 3.00. The molecule has 24 heavy (non-hydrogen) atoms. The Morgan fingerprint density at radius 3 is 2.12 bits per heavy atom. The minimum absolute atomic E-state index is 0.238. The molecule has 0 amide bonds. The normalized spacial score (nSPS) is 11.7. The third-order valence-corrected chi connectivity index (χ3v) is 3.45. The summed E-state index contributed by atoms with van der Waals surface area (Å²) in [5, 5.41) is 17.1. The van der Waals surface area contributed by atoms with Gasteiger partial charge in [-0.1, -0.05) is 5.21 Å². The van der Waals surface area contributed by atoms with Gasteiger partial charge in [0.25, 0.3) is 0 Å². The van der Waals surface area contributed by atoms with Gasteiger partial charge in [0.1, 0.15) is 17.2 Å². The largest absolute Gasteiger partial charge is 0.416 e. The molecule has 4 nitrogen and oxygen atoms in total. The number of aliphatic hydroxyl groups excluding tert-OH is 1. The number of rotatable bonds is 3. The Morgan fingerprint density at radius 1 is 0.958 bits per heavy atom. The fourth-order valence-corrected chi connectivity index (χ4v) is 2.29. The molecule has 2 aromatic carbocycles. The van der Waals surface area contributed by atoms with Crippen LogP contribution in [0.1, 0.15) is 11.3 Å². The summed E-state index contributed by atoms with van der Waals surface area (Å²) in [6.45, 7) is -0.409. The van der Waals surface area contributed by atoms with Crippen LogP contribution in [0.3, 0.4) is 0 Å². The molecule has 1 aromatic heterocycles. The zero-order chi connectivity index (χ0) is 17.3. The highest BCUT2D eigenvalue weighted by molar-refractivity contribution is 5.64. The van der Waals surface area contributed by atoms with E-state index in [-0.39, 0.29) is 5.69 Å². The summed E-state index contributed by atoms with van der Waals surface area (Å²) in [5.41, 5.74) is 0.718. The van der Waals surface area contributed by atoms with E-state index in [0.717, 1.165) is 12.1 Å². The second-order valence-electron chi connectivity index (χ2n) is 5.01. The van der Waals surface area contributed by atoms with Gasteiger partial charge in [-0.15, -0.1) is 5.10 Å². The Bertz CT molecular complexity index is 839. The van der Waals surface area contributed by atoms with Crippen LogP contribution in [0.15, 0.2) is 48.5 Å². The van der Waals surface area contributed by atoms with Crippen molar-refractivity contribution in [3.8, 4) is 16.9 Å². The molecule has 0 aliphatic carbocycles. The van der Waals surface area contributed by atoms with E-state index in [0.29, 0.717) is 16.9 Å². The van der Waals surface area contributed by atoms with Crippen molar-refractivity contribution in [2.24, 2.45) is 0 Å². The van der Waals surface area contributed by atoms with Crippen LogP contribution in [0.4, 0.5) is 17.6 Å². The van der Waals surface area contributed by atoms with Gasteiger partial charge in [-0.3, -0.25) is 0 Å². The number of alkyl halides is 3. The fraction of sp³-hybridized carbons (Fsp3) is 0.125. The van der Waals surface area contributed by atoms with E-state index >= 15 is 0 Å². The predicted molar refractivity (Wildman–Crippen MR) is 77.7 cm³/mol. The van der Waals surface area contributed by atoms with Crippen molar-refractivity contribution >= 4 is 0 Å². The number of halogens is 4. The standard InChI is InChI=1S/C16H11F4N3O/c17-12-5-1-10(2-6-12)15-14(9-24)21-22-23(15)13-7-3-11(4-8-13)16(18,19)20/h1-8,24H,9H2. The molecule has 0 aliphatic heterocycles. The Kier molecular flexibility index (Phi) is 4.06. The van der Waals surface area contributed by atoms with E-state index in [1.54, 1.807) is 0 Å². The maximum atomic E-state index is 13.1. The number of hydrogen-bond acceptors (Lipinski definition) is 3. The van der Waals surface area contributed by atoms with Crippen molar-refractivity contribution in [2.75, 3.05) is 0 Å². The van der Waals surface area contributed by atoms with E-state index in [2.05, 4.69) is 10.3 Å². The molecular formula is C16H11F4N3O. The van der Waals surface area contributed by atoms with Crippen LogP contribution < -0.4 is 0 Å². The smallest absolute Gasteiger partial charge is 0.390 e. The lowest BCUT2D eigenvalue weighted by molar-refractivity contribution is -0.137. The molecule has 0 atom stereocenters. The molecular weight excluding hydrogens is 326 g/mol. The maximum absolute atomic E-state index is 13.1. The first-order chi connectivity index (χ1) is 11.4. The lowest BCUT2D eigenvalue weighted by Crippen LogP contribution is -2.06. The van der Waals surface area contributed by atoms with Crippen molar-refractivity contribution in [1.29, 1.82) is 0 Å². The van der Waals surface area contributed by atoms with Gasteiger partial charge in [0.2, 0.25) is 0 Å². The molecule has 0 bridgehead atoms. The van der Waals surface area contributed by atoms with Gasteiger partial charge in [0, 0.05) is 5.56 Å². The van der Waals surface area contributed by atoms with Crippen molar-refractivity contribution < 1.29 is 22.7 Å². The molecule has 0 fully saturated rings. The van der Waals surface area contributed by atoms with Gasteiger partial charge >= 0.3 is 6.18 Å². The summed E-state index contributed by atoms with van der Waals surface area (Å²) in [7, 11) is 0. The van der Waals surface area contributed by atoms with Gasteiger partial charge in [-0.2, -0.15) is 13.2 Å². The second kappa shape index (κ2) is 6.04. The summed E-state index contributed by atoms with van der Waals surface area (Å²) in [5.74, 6) is -0.433. The van der Waals surface area contributed by atoms with Crippen LogP contribution in [0.2, 0.25) is 0 Å². The van der Waals surface area contributed by atoms with Gasteiger partial charge < -0.3 is 5.11 Å². The minimum Gasteiger partial charge on any atom is -0.390 e. The summed E-state index contributed by atoms with van der Waals surface area (Å²) >= 11 is 0. The van der Waals surface area contributed by atoms with Crippen LogP contribution >= 0.6 is 0 Å². The van der Waals surface area contributed by atoms with Crippen LogP contribution in [0.25, 0.3) is 16.9 Å². The van der Waals surface area contributed by atoms with Crippen molar-refractivity contribution in [3.63, 3.8) is 0 Å². The summed E-state index contributed by atoms with van der Waals surface area (Å²) in [6.07, 6.45) is -4.43. The van der Waals surface area contributed by atoms with E-state index in [1.807, 2.05) is 0 Å². The molecule has 0 saturated carbocycles. The van der Waals surface area contributed by atoms with Crippen molar-refractivity contribution in [2.45, 2.75) is 12.8 Å².